The highest BCUT2D eigenvalue weighted by Gasteiger charge is 2.35. The number of ether oxygens (including phenoxy) is 3. The molecule has 1 aliphatic rings. The normalized spacial score (nSPS) is 20.8. The van der Waals surface area contributed by atoms with Gasteiger partial charge in [0.1, 0.15) is 12.7 Å². The zero-order valence-corrected chi connectivity index (χ0v) is 40.6. The molecule has 2 unspecified atom stereocenters. The minimum atomic E-state index is -4.91. The molecule has 0 spiro atoms. The number of phosphoric ester groups is 2. The van der Waals surface area contributed by atoms with Gasteiger partial charge in [-0.25, -0.2) is 9.13 Å². The van der Waals surface area contributed by atoms with Gasteiger partial charge < -0.3 is 49.3 Å². The predicted molar refractivity (Wildman–Crippen MR) is 247 cm³/mol. The highest BCUT2D eigenvalue weighted by molar-refractivity contribution is 7.47. The Bertz CT molecular complexity index is 1450. The first kappa shape index (κ1) is 60.9. The third-order valence-corrected chi connectivity index (χ3v) is 11.9. The van der Waals surface area contributed by atoms with Crippen LogP contribution in [-0.2, 0) is 46.5 Å². The SMILES string of the molecule is CCCCC/C=C\C/C=C\CCCCCCCCCC(=O)OC[C@H](COP(=O)(O)OC[C@@H](O)COP(=O)(O)O)OC(=O)CCC/C=C\C[C@H]1[C@@H](O)CC(O)O[C@@H]1/C=C/[C@@H](O)CCCCC. The monoisotopic (exact) mass is 969 g/mol. The van der Waals surface area contributed by atoms with Gasteiger partial charge in [0.05, 0.1) is 38.1 Å². The molecule has 0 bridgehead atoms. The molecule has 0 aromatic carbocycles. The summed E-state index contributed by atoms with van der Waals surface area (Å²) in [7, 11) is -9.80. The second kappa shape index (κ2) is 37.8. The zero-order valence-electron chi connectivity index (χ0n) is 38.9. The first-order chi connectivity index (χ1) is 31.0. The Morgan fingerprint density at radius 2 is 1.25 bits per heavy atom. The van der Waals surface area contributed by atoms with Gasteiger partial charge >= 0.3 is 27.6 Å². The van der Waals surface area contributed by atoms with Crippen molar-refractivity contribution < 1.29 is 81.6 Å². The van der Waals surface area contributed by atoms with E-state index in [-0.39, 0.29) is 25.2 Å². The highest BCUT2D eigenvalue weighted by atomic mass is 31.2. The summed E-state index contributed by atoms with van der Waals surface area (Å²) >= 11 is 0. The van der Waals surface area contributed by atoms with Crippen molar-refractivity contribution >= 4 is 27.6 Å². The molecule has 0 aliphatic carbocycles. The maximum absolute atomic E-state index is 12.8. The summed E-state index contributed by atoms with van der Waals surface area (Å²) in [5.74, 6) is -1.61. The molecule has 0 amide bonds. The fourth-order valence-electron chi connectivity index (χ4n) is 6.77. The van der Waals surface area contributed by atoms with Crippen LogP contribution in [-0.4, -0.2) is 110 Å². The van der Waals surface area contributed by atoms with E-state index in [9.17, 15) is 44.0 Å². The lowest BCUT2D eigenvalue weighted by molar-refractivity contribution is -0.199. The number of phosphoric acid groups is 2. The molecule has 0 radical (unpaired) electrons. The van der Waals surface area contributed by atoms with Crippen molar-refractivity contribution in [3.05, 3.63) is 48.6 Å². The van der Waals surface area contributed by atoms with E-state index in [0.717, 1.165) is 77.0 Å². The molecule has 0 aromatic rings. The number of hydrogen-bond acceptors (Lipinski definition) is 14. The lowest BCUT2D eigenvalue weighted by atomic mass is 9.87. The van der Waals surface area contributed by atoms with E-state index in [2.05, 4.69) is 47.2 Å². The minimum Gasteiger partial charge on any atom is -0.462 e. The first-order valence-corrected chi connectivity index (χ1v) is 26.8. The van der Waals surface area contributed by atoms with Gasteiger partial charge in [0.15, 0.2) is 12.4 Å². The van der Waals surface area contributed by atoms with Crippen LogP contribution in [0.25, 0.3) is 0 Å². The molecule has 1 saturated heterocycles. The quantitative estimate of drug-likeness (QED) is 0.0132. The molecule has 19 heteroatoms. The maximum atomic E-state index is 12.8. The van der Waals surface area contributed by atoms with E-state index in [1.54, 1.807) is 12.2 Å². The van der Waals surface area contributed by atoms with Gasteiger partial charge in [-0.1, -0.05) is 127 Å². The van der Waals surface area contributed by atoms with Crippen molar-refractivity contribution in [3.8, 4) is 0 Å². The van der Waals surface area contributed by atoms with E-state index in [4.69, 9.17) is 28.5 Å². The van der Waals surface area contributed by atoms with E-state index in [1.807, 2.05) is 12.2 Å². The van der Waals surface area contributed by atoms with Crippen LogP contribution in [0.2, 0.25) is 0 Å². The van der Waals surface area contributed by atoms with Crippen LogP contribution in [0.3, 0.4) is 0 Å². The molecule has 1 heterocycles. The molecule has 8 atom stereocenters. The van der Waals surface area contributed by atoms with Crippen LogP contribution in [0, 0.1) is 5.92 Å². The summed E-state index contributed by atoms with van der Waals surface area (Å²) in [6.45, 7) is 1.31. The number of hydrogen-bond donors (Lipinski definition) is 7. The van der Waals surface area contributed by atoms with Crippen LogP contribution >= 0.6 is 15.6 Å². The third-order valence-electron chi connectivity index (χ3n) is 10.5. The Kier molecular flexibility index (Phi) is 35.5. The van der Waals surface area contributed by atoms with Gasteiger partial charge in [-0.2, -0.15) is 0 Å². The molecule has 378 valence electrons. The third kappa shape index (κ3) is 35.7. The Morgan fingerprint density at radius 1 is 0.677 bits per heavy atom. The van der Waals surface area contributed by atoms with Crippen LogP contribution in [0.15, 0.2) is 48.6 Å². The second-order valence-corrected chi connectivity index (χ2v) is 19.2. The molecule has 0 aromatic heterocycles. The van der Waals surface area contributed by atoms with E-state index in [0.29, 0.717) is 32.1 Å². The second-order valence-electron chi connectivity index (χ2n) is 16.6. The van der Waals surface area contributed by atoms with Gasteiger partial charge in [0.2, 0.25) is 0 Å². The summed E-state index contributed by atoms with van der Waals surface area (Å²) in [6.07, 6.45) is 28.5. The van der Waals surface area contributed by atoms with Gasteiger partial charge in [-0.3, -0.25) is 23.2 Å². The fraction of sp³-hybridized carbons (Fsp3) is 0.783. The number of unbranched alkanes of at least 4 members (excludes halogenated alkanes) is 13. The number of carbonyl (C=O) groups is 2. The number of aliphatic hydroxyl groups is 4. The molecule has 65 heavy (non-hydrogen) atoms. The lowest BCUT2D eigenvalue weighted by Gasteiger charge is -2.36. The Labute approximate surface area is 387 Å². The standard InChI is InChI=1S/C46H82O17P2/c1-3-5-7-8-9-10-11-12-13-14-15-16-17-18-19-20-25-29-44(50)58-36-40(37-61-65(56,57)60-35-39(48)34-59-64(53,54)55)62-45(51)30-26-22-21-24-28-41-42(49)33-46(52)63-43(41)32-31-38(47)27-23-6-4-2/h9-10,12-13,21,24,31-32,38-43,46-49,52H,3-8,11,14-20,22-23,25-30,33-37H2,1-2H3,(H,56,57)(H2,53,54,55)/b10-9-,13-12-,24-21-,32-31+/t38-,39-,40+,41-,42-,43+,46?/m0/s1. The number of esters is 2. The summed E-state index contributed by atoms with van der Waals surface area (Å²) in [4.78, 5) is 53.1. The Morgan fingerprint density at radius 3 is 1.92 bits per heavy atom. The highest BCUT2D eigenvalue weighted by Crippen LogP contribution is 2.44. The molecular weight excluding hydrogens is 886 g/mol. The maximum Gasteiger partial charge on any atom is 0.472 e. The summed E-state index contributed by atoms with van der Waals surface area (Å²) in [5, 5.41) is 40.8. The topological polar surface area (TPSA) is 265 Å². The molecule has 1 rings (SSSR count). The molecule has 1 fully saturated rings. The largest absolute Gasteiger partial charge is 0.472 e. The van der Waals surface area contributed by atoms with Gasteiger partial charge in [-0.15, -0.1) is 0 Å². The van der Waals surface area contributed by atoms with Gasteiger partial charge in [0.25, 0.3) is 0 Å². The predicted octanol–water partition coefficient (Wildman–Crippen LogP) is 8.34. The van der Waals surface area contributed by atoms with E-state index >= 15 is 0 Å². The molecule has 7 N–H and O–H groups in total. The van der Waals surface area contributed by atoms with Crippen molar-refractivity contribution in [1.29, 1.82) is 0 Å². The van der Waals surface area contributed by atoms with Crippen molar-refractivity contribution in [2.45, 2.75) is 198 Å². The molecule has 1 aliphatic heterocycles. The Hall–Kier alpha value is -2.08. The average Bonchev–Trinajstić information content (AvgIpc) is 3.25. The number of aliphatic hydroxyl groups excluding tert-OH is 4. The van der Waals surface area contributed by atoms with Crippen molar-refractivity contribution in [2.75, 3.05) is 26.4 Å². The molecule has 17 nitrogen and oxygen atoms in total. The molecular formula is C46H82O17P2. The number of rotatable bonds is 40. The summed E-state index contributed by atoms with van der Waals surface area (Å²) in [6, 6.07) is 0. The zero-order chi connectivity index (χ0) is 48.2. The van der Waals surface area contributed by atoms with E-state index in [1.165, 1.54) is 19.3 Å². The summed E-state index contributed by atoms with van der Waals surface area (Å²) < 4.78 is 53.5. The fourth-order valence-corrected chi connectivity index (χ4v) is 7.93. The summed E-state index contributed by atoms with van der Waals surface area (Å²) in [5.41, 5.74) is 0. The average molecular weight is 969 g/mol. The van der Waals surface area contributed by atoms with Crippen LogP contribution in [0.5, 0.6) is 0 Å². The van der Waals surface area contributed by atoms with Crippen molar-refractivity contribution in [2.24, 2.45) is 5.92 Å². The van der Waals surface area contributed by atoms with Crippen LogP contribution in [0.4, 0.5) is 0 Å². The Balaban J connectivity index is 2.58. The van der Waals surface area contributed by atoms with Crippen molar-refractivity contribution in [1.82, 2.24) is 0 Å². The minimum absolute atomic E-state index is 0.0544. The first-order valence-electron chi connectivity index (χ1n) is 23.7. The van der Waals surface area contributed by atoms with Gasteiger partial charge in [-0.05, 0) is 64.2 Å². The van der Waals surface area contributed by atoms with E-state index < -0.39 is 90.8 Å². The van der Waals surface area contributed by atoms with Gasteiger partial charge in [0, 0.05) is 25.2 Å². The lowest BCUT2D eigenvalue weighted by Crippen LogP contribution is -2.43. The number of allylic oxidation sites excluding steroid dienone is 6. The molecule has 0 saturated carbocycles. The van der Waals surface area contributed by atoms with Crippen LogP contribution < -0.4 is 0 Å². The van der Waals surface area contributed by atoms with Crippen LogP contribution in [0.1, 0.15) is 162 Å². The smallest absolute Gasteiger partial charge is 0.462 e. The van der Waals surface area contributed by atoms with Crippen molar-refractivity contribution in [3.63, 3.8) is 0 Å². The number of carbonyl (C=O) groups excluding carboxylic acids is 2.